The Balaban J connectivity index is 0.000000290. The minimum absolute atomic E-state index is 0. The Labute approximate surface area is 244 Å². The second-order valence-electron chi connectivity index (χ2n) is 9.86. The number of carbonyl (C=O) groups excluding carboxylic acids is 1. The van der Waals surface area contributed by atoms with Crippen LogP contribution in [-0.2, 0) is 18.0 Å². The first-order valence-electron chi connectivity index (χ1n) is 12.9. The van der Waals surface area contributed by atoms with Gasteiger partial charge in [-0.3, -0.25) is 4.90 Å². The van der Waals surface area contributed by atoms with Crippen LogP contribution >= 0.6 is 12.4 Å². The number of nitrogens with one attached hydrogen (secondary N) is 1. The third-order valence-electron chi connectivity index (χ3n) is 5.49. The van der Waals surface area contributed by atoms with Crippen molar-refractivity contribution >= 4 is 29.9 Å². The summed E-state index contributed by atoms with van der Waals surface area (Å²) in [5, 5.41) is 3.09. The molecule has 7 heteroatoms. The van der Waals surface area contributed by atoms with Crippen LogP contribution in [0.1, 0.15) is 31.9 Å². The van der Waals surface area contributed by atoms with Crippen LogP contribution in [-0.4, -0.2) is 25.8 Å². The Morgan fingerprint density at radius 1 is 0.725 bits per heavy atom. The fourth-order valence-electron chi connectivity index (χ4n) is 3.44. The molecule has 0 atom stereocenters. The summed E-state index contributed by atoms with van der Waals surface area (Å²) in [6.45, 7) is 6.63. The van der Waals surface area contributed by atoms with Crippen molar-refractivity contribution in [2.24, 2.45) is 0 Å². The number of nitrogens with zero attached hydrogens (tertiary/aromatic N) is 1. The average molecular weight is 563 g/mol. The third-order valence-corrected chi connectivity index (χ3v) is 5.49. The van der Waals surface area contributed by atoms with Crippen LogP contribution in [0.2, 0.25) is 0 Å². The molecule has 0 saturated carbocycles. The van der Waals surface area contributed by atoms with Crippen molar-refractivity contribution < 1.29 is 19.0 Å². The second kappa shape index (κ2) is 16.1. The van der Waals surface area contributed by atoms with Crippen molar-refractivity contribution in [3.63, 3.8) is 0 Å². The molecule has 0 bridgehead atoms. The Morgan fingerprint density at radius 3 is 1.73 bits per heavy atom. The molecule has 0 spiro atoms. The Kier molecular flexibility index (Phi) is 12.9. The fraction of sp³-hybridized carbons (Fsp3) is 0.242. The van der Waals surface area contributed by atoms with Crippen LogP contribution in [0, 0.1) is 0 Å². The predicted octanol–water partition coefficient (Wildman–Crippen LogP) is 8.37. The van der Waals surface area contributed by atoms with Crippen molar-refractivity contribution in [1.82, 2.24) is 0 Å². The third kappa shape index (κ3) is 11.3. The van der Waals surface area contributed by atoms with Crippen LogP contribution in [0.15, 0.2) is 109 Å². The van der Waals surface area contributed by atoms with E-state index in [0.717, 1.165) is 22.7 Å². The standard InChI is InChI=1S/C19H23NO3.C14H15NO.ClH/c1-19(2,3)23-18(21)20(4)16-11-8-12-17(13-16)22-14-15-9-6-5-7-10-15;1-15-13-8-5-9-14(10-13)16-11-12-6-3-2-4-7-12;/h5-13H,14H2,1-4H3;2-10,15H,11H2,1H3;1H. The molecule has 0 saturated heterocycles. The number of carbonyl (C=O) groups is 1. The lowest BCUT2D eigenvalue weighted by Crippen LogP contribution is -2.34. The highest BCUT2D eigenvalue weighted by Gasteiger charge is 2.20. The van der Waals surface area contributed by atoms with Crippen LogP contribution < -0.4 is 19.7 Å². The van der Waals surface area contributed by atoms with Gasteiger partial charge in [0.2, 0.25) is 0 Å². The SMILES string of the molecule is CN(C(=O)OC(C)(C)C)c1cccc(OCc2ccccc2)c1.CNc1cccc(OCc2ccccc2)c1.Cl. The van der Waals surface area contributed by atoms with Crippen molar-refractivity contribution in [2.75, 3.05) is 24.3 Å². The van der Waals surface area contributed by atoms with E-state index in [2.05, 4.69) is 17.4 Å². The molecule has 0 aliphatic rings. The lowest BCUT2D eigenvalue weighted by molar-refractivity contribution is 0.0589. The lowest BCUT2D eigenvalue weighted by Gasteiger charge is -2.24. The zero-order chi connectivity index (χ0) is 28.1. The van der Waals surface area contributed by atoms with Gasteiger partial charge in [0.15, 0.2) is 0 Å². The molecule has 4 aromatic rings. The highest BCUT2D eigenvalue weighted by Crippen LogP contribution is 2.23. The highest BCUT2D eigenvalue weighted by molar-refractivity contribution is 5.87. The zero-order valence-corrected chi connectivity index (χ0v) is 24.6. The normalized spacial score (nSPS) is 10.2. The van der Waals surface area contributed by atoms with Crippen LogP contribution in [0.3, 0.4) is 0 Å². The zero-order valence-electron chi connectivity index (χ0n) is 23.8. The molecular weight excluding hydrogens is 524 g/mol. The van der Waals surface area contributed by atoms with Crippen molar-refractivity contribution in [3.8, 4) is 11.5 Å². The topological polar surface area (TPSA) is 60.0 Å². The molecule has 0 aliphatic heterocycles. The molecule has 1 amide bonds. The first kappa shape index (κ1) is 32.1. The van der Waals surface area contributed by atoms with Gasteiger partial charge in [0.25, 0.3) is 0 Å². The smallest absolute Gasteiger partial charge is 0.414 e. The molecule has 40 heavy (non-hydrogen) atoms. The van der Waals surface area contributed by atoms with E-state index in [1.165, 1.54) is 10.5 Å². The van der Waals surface area contributed by atoms with Gasteiger partial charge in [-0.15, -0.1) is 12.4 Å². The minimum Gasteiger partial charge on any atom is -0.489 e. The van der Waals surface area contributed by atoms with Crippen LogP contribution in [0.25, 0.3) is 0 Å². The van der Waals surface area contributed by atoms with Gasteiger partial charge in [0, 0.05) is 31.9 Å². The number of anilines is 2. The Bertz CT molecular complexity index is 1290. The summed E-state index contributed by atoms with van der Waals surface area (Å²) < 4.78 is 16.8. The molecule has 0 heterocycles. The largest absolute Gasteiger partial charge is 0.489 e. The van der Waals surface area contributed by atoms with E-state index in [-0.39, 0.29) is 12.4 Å². The van der Waals surface area contributed by atoms with Crippen LogP contribution in [0.5, 0.6) is 11.5 Å². The van der Waals surface area contributed by atoms with E-state index in [0.29, 0.717) is 19.0 Å². The van der Waals surface area contributed by atoms with Gasteiger partial charge < -0.3 is 19.5 Å². The molecule has 0 radical (unpaired) electrons. The summed E-state index contributed by atoms with van der Waals surface area (Å²) in [5.74, 6) is 1.59. The summed E-state index contributed by atoms with van der Waals surface area (Å²) in [7, 11) is 3.58. The van der Waals surface area contributed by atoms with E-state index in [1.54, 1.807) is 7.05 Å². The second-order valence-corrected chi connectivity index (χ2v) is 9.86. The first-order chi connectivity index (χ1) is 18.7. The maximum absolute atomic E-state index is 12.1. The average Bonchev–Trinajstić information content (AvgIpc) is 2.95. The van der Waals surface area contributed by atoms with Crippen molar-refractivity contribution in [1.29, 1.82) is 0 Å². The first-order valence-corrected chi connectivity index (χ1v) is 12.9. The molecule has 0 aliphatic carbocycles. The van der Waals surface area contributed by atoms with E-state index >= 15 is 0 Å². The summed E-state index contributed by atoms with van der Waals surface area (Å²) in [4.78, 5) is 13.6. The molecule has 4 rings (SSSR count). The van der Waals surface area contributed by atoms with Gasteiger partial charge in [-0.05, 0) is 56.2 Å². The number of hydrogen-bond donors (Lipinski definition) is 1. The quantitative estimate of drug-likeness (QED) is 0.234. The van der Waals surface area contributed by atoms with E-state index in [1.807, 2.05) is 125 Å². The Morgan fingerprint density at radius 2 is 1.23 bits per heavy atom. The number of hydrogen-bond acceptors (Lipinski definition) is 5. The molecular formula is C33H39ClN2O4. The van der Waals surface area contributed by atoms with Crippen LogP contribution in [0.4, 0.5) is 16.2 Å². The van der Waals surface area contributed by atoms with Gasteiger partial charge in [-0.2, -0.15) is 0 Å². The van der Waals surface area contributed by atoms with Gasteiger partial charge in [-0.25, -0.2) is 4.79 Å². The molecule has 4 aromatic carbocycles. The maximum atomic E-state index is 12.1. The number of ether oxygens (including phenoxy) is 3. The molecule has 212 valence electrons. The maximum Gasteiger partial charge on any atom is 0.414 e. The highest BCUT2D eigenvalue weighted by atomic mass is 35.5. The van der Waals surface area contributed by atoms with Gasteiger partial charge in [-0.1, -0.05) is 72.8 Å². The summed E-state index contributed by atoms with van der Waals surface area (Å²) >= 11 is 0. The Hall–Kier alpha value is -4.16. The van der Waals surface area contributed by atoms with E-state index < -0.39 is 11.7 Å². The number of benzene rings is 4. The molecule has 1 N–H and O–H groups in total. The summed E-state index contributed by atoms with van der Waals surface area (Å²) in [6.07, 6.45) is -0.391. The molecule has 0 unspecified atom stereocenters. The number of rotatable bonds is 8. The lowest BCUT2D eigenvalue weighted by atomic mass is 10.2. The monoisotopic (exact) mass is 562 g/mol. The van der Waals surface area contributed by atoms with Crippen molar-refractivity contribution in [2.45, 2.75) is 39.6 Å². The predicted molar refractivity (Wildman–Crippen MR) is 166 cm³/mol. The van der Waals surface area contributed by atoms with Gasteiger partial charge in [0.05, 0.1) is 5.69 Å². The summed E-state index contributed by atoms with van der Waals surface area (Å²) in [6, 6.07) is 35.4. The van der Waals surface area contributed by atoms with Crippen molar-refractivity contribution in [3.05, 3.63) is 120 Å². The van der Waals surface area contributed by atoms with E-state index in [9.17, 15) is 4.79 Å². The number of amides is 1. The molecule has 0 fully saturated rings. The van der Waals surface area contributed by atoms with E-state index in [4.69, 9.17) is 14.2 Å². The molecule has 6 nitrogen and oxygen atoms in total. The number of halogens is 1. The molecule has 0 aromatic heterocycles. The summed E-state index contributed by atoms with van der Waals surface area (Å²) in [5.41, 5.74) is 3.54. The van der Waals surface area contributed by atoms with Gasteiger partial charge in [0.1, 0.15) is 30.3 Å². The minimum atomic E-state index is -0.521. The fourth-order valence-corrected chi connectivity index (χ4v) is 3.44. The van der Waals surface area contributed by atoms with Gasteiger partial charge >= 0.3 is 6.09 Å².